The van der Waals surface area contributed by atoms with Crippen LogP contribution in [0.3, 0.4) is 0 Å². The first-order valence-corrected chi connectivity index (χ1v) is 5.25. The van der Waals surface area contributed by atoms with Gasteiger partial charge in [0.15, 0.2) is 17.1 Å². The fraction of sp³-hybridized carbons (Fsp3) is 0. The van der Waals surface area contributed by atoms with Crippen molar-refractivity contribution in [2.24, 2.45) is 0 Å². The second-order valence-corrected chi connectivity index (χ2v) is 4.00. The maximum absolute atomic E-state index is 5.58. The molecule has 3 aromatic rings. The molecule has 0 aliphatic rings. The highest BCUT2D eigenvalue weighted by molar-refractivity contribution is 7.13. The summed E-state index contributed by atoms with van der Waals surface area (Å²) in [5.41, 5.74) is 9.06. The molecule has 0 atom stereocenters. The minimum atomic E-state index is 0.572. The minimum Gasteiger partial charge on any atom is -0.443 e. The Hall–Kier alpha value is -1.88. The molecule has 15 heavy (non-hydrogen) atoms. The van der Waals surface area contributed by atoms with Gasteiger partial charge in [-0.2, -0.15) is 0 Å². The molecule has 2 heterocycles. The van der Waals surface area contributed by atoms with Gasteiger partial charge in [-0.1, -0.05) is 6.07 Å². The molecule has 0 saturated heterocycles. The molecule has 0 spiro atoms. The molecule has 3 rings (SSSR count). The molecule has 74 valence electrons. The minimum absolute atomic E-state index is 0.572. The Morgan fingerprint density at radius 3 is 3.07 bits per heavy atom. The zero-order valence-electron chi connectivity index (χ0n) is 7.68. The van der Waals surface area contributed by atoms with E-state index in [9.17, 15) is 0 Å². The molecule has 0 fully saturated rings. The molecule has 0 amide bonds. The lowest BCUT2D eigenvalue weighted by atomic mass is 10.1. The van der Waals surface area contributed by atoms with E-state index in [1.54, 1.807) is 0 Å². The van der Waals surface area contributed by atoms with Crippen molar-refractivity contribution in [3.63, 3.8) is 0 Å². The van der Waals surface area contributed by atoms with Crippen molar-refractivity contribution in [3.05, 3.63) is 30.0 Å². The lowest BCUT2D eigenvalue weighted by molar-refractivity contribution is 0.602. The normalized spacial score (nSPS) is 10.9. The Bertz CT molecular complexity index is 614. The predicted molar refractivity (Wildman–Crippen MR) is 59.5 cm³/mol. The molecule has 0 radical (unpaired) electrons. The quantitative estimate of drug-likeness (QED) is 0.680. The molecule has 0 bridgehead atoms. The highest BCUT2D eigenvalue weighted by Gasteiger charge is 2.05. The Morgan fingerprint density at radius 1 is 1.33 bits per heavy atom. The second-order valence-electron chi connectivity index (χ2n) is 3.11. The van der Waals surface area contributed by atoms with E-state index in [2.05, 4.69) is 9.97 Å². The first-order valence-electron chi connectivity index (χ1n) is 4.37. The van der Waals surface area contributed by atoms with E-state index in [0.717, 1.165) is 22.4 Å². The van der Waals surface area contributed by atoms with Crippen molar-refractivity contribution in [1.29, 1.82) is 0 Å². The highest BCUT2D eigenvalue weighted by atomic mass is 32.1. The van der Waals surface area contributed by atoms with Crippen molar-refractivity contribution in [2.75, 3.05) is 5.73 Å². The topological polar surface area (TPSA) is 64.9 Å². The summed E-state index contributed by atoms with van der Waals surface area (Å²) < 4.78 is 5.22. The summed E-state index contributed by atoms with van der Waals surface area (Å²) in [7, 11) is 0. The van der Waals surface area contributed by atoms with E-state index in [1.807, 2.05) is 23.6 Å². The highest BCUT2D eigenvalue weighted by Crippen LogP contribution is 2.25. The van der Waals surface area contributed by atoms with Crippen LogP contribution in [0.5, 0.6) is 0 Å². The van der Waals surface area contributed by atoms with Gasteiger partial charge in [-0.05, 0) is 12.1 Å². The van der Waals surface area contributed by atoms with Crippen LogP contribution in [0.4, 0.5) is 5.13 Å². The van der Waals surface area contributed by atoms with Crippen LogP contribution in [-0.2, 0) is 0 Å². The molecule has 1 aromatic carbocycles. The molecule has 0 saturated carbocycles. The maximum Gasteiger partial charge on any atom is 0.181 e. The Balaban J connectivity index is 2.18. The molecule has 0 aliphatic carbocycles. The van der Waals surface area contributed by atoms with Crippen LogP contribution in [0.1, 0.15) is 0 Å². The van der Waals surface area contributed by atoms with E-state index in [-0.39, 0.29) is 0 Å². The monoisotopic (exact) mass is 217 g/mol. The van der Waals surface area contributed by atoms with Crippen molar-refractivity contribution < 1.29 is 4.42 Å². The van der Waals surface area contributed by atoms with E-state index >= 15 is 0 Å². The van der Waals surface area contributed by atoms with E-state index in [0.29, 0.717) is 5.13 Å². The summed E-state index contributed by atoms with van der Waals surface area (Å²) in [6.07, 6.45) is 1.43. The molecule has 5 heteroatoms. The zero-order chi connectivity index (χ0) is 10.3. The van der Waals surface area contributed by atoms with Crippen LogP contribution in [-0.4, -0.2) is 9.97 Å². The number of aromatic nitrogens is 2. The fourth-order valence-electron chi connectivity index (χ4n) is 1.43. The number of thiazole rings is 1. The van der Waals surface area contributed by atoms with Crippen molar-refractivity contribution >= 4 is 27.6 Å². The van der Waals surface area contributed by atoms with Crippen molar-refractivity contribution in [2.45, 2.75) is 0 Å². The zero-order valence-corrected chi connectivity index (χ0v) is 8.49. The van der Waals surface area contributed by atoms with E-state index in [4.69, 9.17) is 10.2 Å². The lowest BCUT2D eigenvalue weighted by Crippen LogP contribution is -1.82. The van der Waals surface area contributed by atoms with Crippen LogP contribution in [0.15, 0.2) is 34.4 Å². The number of rotatable bonds is 1. The van der Waals surface area contributed by atoms with Crippen molar-refractivity contribution in [1.82, 2.24) is 9.97 Å². The van der Waals surface area contributed by atoms with E-state index < -0.39 is 0 Å². The second kappa shape index (κ2) is 3.06. The number of fused-ring (bicyclic) bond motifs is 1. The maximum atomic E-state index is 5.58. The number of hydrogen-bond donors (Lipinski definition) is 1. The molecule has 2 N–H and O–H groups in total. The first kappa shape index (κ1) is 8.43. The Kier molecular flexibility index (Phi) is 1.72. The van der Waals surface area contributed by atoms with Gasteiger partial charge in [-0.3, -0.25) is 0 Å². The standard InChI is InChI=1S/C10H7N3OS/c11-10-13-8(4-15-10)6-1-2-7-9(3-6)14-5-12-7/h1-5H,(H2,11,13). The van der Waals surface area contributed by atoms with Gasteiger partial charge in [0.2, 0.25) is 0 Å². The van der Waals surface area contributed by atoms with Crippen LogP contribution in [0.25, 0.3) is 22.4 Å². The number of benzene rings is 1. The predicted octanol–water partition coefficient (Wildman–Crippen LogP) is 2.53. The molecular weight excluding hydrogens is 210 g/mol. The third kappa shape index (κ3) is 1.37. The molecule has 2 aromatic heterocycles. The lowest BCUT2D eigenvalue weighted by Gasteiger charge is -1.94. The van der Waals surface area contributed by atoms with Gasteiger partial charge in [0, 0.05) is 10.9 Å². The summed E-state index contributed by atoms with van der Waals surface area (Å²) in [5.74, 6) is 0. The average molecular weight is 217 g/mol. The molecular formula is C10H7N3OS. The SMILES string of the molecule is Nc1nc(-c2ccc3ncoc3c2)cs1. The van der Waals surface area contributed by atoms with Gasteiger partial charge in [0.25, 0.3) is 0 Å². The van der Waals surface area contributed by atoms with Gasteiger partial charge in [-0.25, -0.2) is 9.97 Å². The Labute approximate surface area is 89.4 Å². The van der Waals surface area contributed by atoms with Crippen LogP contribution in [0, 0.1) is 0 Å². The molecule has 0 aliphatic heterocycles. The van der Waals surface area contributed by atoms with Gasteiger partial charge in [-0.15, -0.1) is 11.3 Å². The van der Waals surface area contributed by atoms with Crippen LogP contribution >= 0.6 is 11.3 Å². The summed E-state index contributed by atoms with van der Waals surface area (Å²) in [6.45, 7) is 0. The third-order valence-electron chi connectivity index (χ3n) is 2.15. The van der Waals surface area contributed by atoms with Gasteiger partial charge in [0.1, 0.15) is 5.52 Å². The third-order valence-corrected chi connectivity index (χ3v) is 2.82. The fourth-order valence-corrected chi connectivity index (χ4v) is 2.01. The van der Waals surface area contributed by atoms with Gasteiger partial charge >= 0.3 is 0 Å². The summed E-state index contributed by atoms with van der Waals surface area (Å²) in [4.78, 5) is 8.26. The Morgan fingerprint density at radius 2 is 2.27 bits per heavy atom. The van der Waals surface area contributed by atoms with Crippen molar-refractivity contribution in [3.8, 4) is 11.3 Å². The van der Waals surface area contributed by atoms with Crippen LogP contribution in [0.2, 0.25) is 0 Å². The summed E-state index contributed by atoms with van der Waals surface area (Å²) in [6, 6.07) is 5.78. The first-order chi connectivity index (χ1) is 7.33. The van der Waals surface area contributed by atoms with Gasteiger partial charge in [0.05, 0.1) is 5.69 Å². The largest absolute Gasteiger partial charge is 0.443 e. The molecule has 4 nitrogen and oxygen atoms in total. The number of nitrogens with zero attached hydrogens (tertiary/aromatic N) is 2. The average Bonchev–Trinajstić information content (AvgIpc) is 2.84. The number of nitrogens with two attached hydrogens (primary N) is 1. The number of anilines is 1. The summed E-state index contributed by atoms with van der Waals surface area (Å²) in [5, 5.41) is 2.50. The summed E-state index contributed by atoms with van der Waals surface area (Å²) >= 11 is 1.43. The van der Waals surface area contributed by atoms with Gasteiger partial charge < -0.3 is 10.2 Å². The number of hydrogen-bond acceptors (Lipinski definition) is 5. The smallest absolute Gasteiger partial charge is 0.181 e. The number of oxazole rings is 1. The van der Waals surface area contributed by atoms with E-state index in [1.165, 1.54) is 17.7 Å². The number of nitrogen functional groups attached to an aromatic ring is 1. The molecule has 0 unspecified atom stereocenters. The van der Waals surface area contributed by atoms with Crippen LogP contribution < -0.4 is 5.73 Å².